The van der Waals surface area contributed by atoms with E-state index in [1.165, 1.54) is 11.1 Å². The minimum absolute atomic E-state index is 0.584. The summed E-state index contributed by atoms with van der Waals surface area (Å²) in [6.07, 6.45) is 1.92. The van der Waals surface area contributed by atoms with Crippen LogP contribution in [0.2, 0.25) is 0 Å². The third kappa shape index (κ3) is 2.00. The second kappa shape index (κ2) is 4.63. The Balaban J connectivity index is 1.99. The molecule has 1 heterocycles. The van der Waals surface area contributed by atoms with Crippen LogP contribution in [0.3, 0.4) is 0 Å². The largest absolute Gasteiger partial charge is 0.366 e. The molecule has 0 amide bonds. The summed E-state index contributed by atoms with van der Waals surface area (Å²) in [6.45, 7) is 1.25. The first kappa shape index (κ1) is 11.0. The van der Waals surface area contributed by atoms with Gasteiger partial charge in [-0.05, 0) is 28.8 Å². The number of nitrogens with two attached hydrogens (primary N) is 1. The number of benzene rings is 2. The summed E-state index contributed by atoms with van der Waals surface area (Å²) < 4.78 is 0. The van der Waals surface area contributed by atoms with Gasteiger partial charge in [0.15, 0.2) is 0 Å². The van der Waals surface area contributed by atoms with Gasteiger partial charge in [0.25, 0.3) is 0 Å². The third-order valence-electron chi connectivity index (χ3n) is 3.17. The summed E-state index contributed by atoms with van der Waals surface area (Å²) >= 11 is 0. The van der Waals surface area contributed by atoms with Crippen molar-refractivity contribution in [3.63, 3.8) is 0 Å². The van der Waals surface area contributed by atoms with Crippen LogP contribution in [0, 0.1) is 0 Å². The van der Waals surface area contributed by atoms with E-state index >= 15 is 0 Å². The van der Waals surface area contributed by atoms with Crippen LogP contribution >= 0.6 is 0 Å². The monoisotopic (exact) mass is 237 g/mol. The number of hydrogen-bond acceptors (Lipinski definition) is 3. The van der Waals surface area contributed by atoms with E-state index in [4.69, 9.17) is 5.73 Å². The van der Waals surface area contributed by atoms with Crippen molar-refractivity contribution in [1.29, 1.82) is 0 Å². The molecular formula is C15H15N3. The molecule has 0 bridgehead atoms. The van der Waals surface area contributed by atoms with Crippen molar-refractivity contribution in [2.75, 3.05) is 12.0 Å². The second-order valence-corrected chi connectivity index (χ2v) is 4.35. The van der Waals surface area contributed by atoms with E-state index < -0.39 is 0 Å². The number of rotatable bonds is 2. The van der Waals surface area contributed by atoms with E-state index in [9.17, 15) is 0 Å². The van der Waals surface area contributed by atoms with Crippen LogP contribution < -0.4 is 11.1 Å². The summed E-state index contributed by atoms with van der Waals surface area (Å²) in [5.74, 6) is 0. The van der Waals surface area contributed by atoms with Gasteiger partial charge in [0.05, 0.1) is 0 Å². The fraction of sp³-hybridized carbons (Fsp3) is 0.133. The minimum Gasteiger partial charge on any atom is -0.366 e. The van der Waals surface area contributed by atoms with Crippen LogP contribution in [-0.2, 0) is 6.54 Å². The molecule has 0 saturated carbocycles. The van der Waals surface area contributed by atoms with Crippen molar-refractivity contribution in [1.82, 2.24) is 0 Å². The number of nitrogens with one attached hydrogen (secondary N) is 1. The first-order chi connectivity index (χ1) is 8.86. The highest BCUT2D eigenvalue weighted by molar-refractivity contribution is 5.91. The van der Waals surface area contributed by atoms with E-state index in [1.807, 2.05) is 6.21 Å². The van der Waals surface area contributed by atoms with Crippen LogP contribution in [0.4, 0.5) is 5.69 Å². The quantitative estimate of drug-likeness (QED) is 0.843. The predicted octanol–water partition coefficient (Wildman–Crippen LogP) is 2.61. The van der Waals surface area contributed by atoms with E-state index in [1.54, 1.807) is 0 Å². The van der Waals surface area contributed by atoms with Gasteiger partial charge in [-0.15, -0.1) is 0 Å². The maximum absolute atomic E-state index is 5.60. The molecule has 2 aromatic carbocycles. The lowest BCUT2D eigenvalue weighted by Crippen LogP contribution is -2.07. The van der Waals surface area contributed by atoms with Crippen molar-refractivity contribution in [2.24, 2.45) is 10.7 Å². The summed E-state index contributed by atoms with van der Waals surface area (Å²) in [5, 5.41) is 3.25. The van der Waals surface area contributed by atoms with Gasteiger partial charge in [0, 0.05) is 24.0 Å². The van der Waals surface area contributed by atoms with E-state index in [0.29, 0.717) is 13.2 Å². The average Bonchev–Trinajstić information content (AvgIpc) is 2.47. The Morgan fingerprint density at radius 3 is 2.61 bits per heavy atom. The lowest BCUT2D eigenvalue weighted by Gasteiger charge is -2.13. The van der Waals surface area contributed by atoms with E-state index in [0.717, 1.165) is 16.8 Å². The summed E-state index contributed by atoms with van der Waals surface area (Å²) in [4.78, 5) is 4.23. The molecule has 3 heteroatoms. The highest BCUT2D eigenvalue weighted by Gasteiger charge is 2.06. The van der Waals surface area contributed by atoms with E-state index in [-0.39, 0.29) is 0 Å². The lowest BCUT2D eigenvalue weighted by molar-refractivity contribution is 1.07. The van der Waals surface area contributed by atoms with Gasteiger partial charge in [-0.25, -0.2) is 0 Å². The van der Waals surface area contributed by atoms with Gasteiger partial charge in [0.1, 0.15) is 6.67 Å². The number of anilines is 1. The Labute approximate surface area is 106 Å². The highest BCUT2D eigenvalue weighted by Crippen LogP contribution is 2.25. The molecule has 0 spiro atoms. The lowest BCUT2D eigenvalue weighted by atomic mass is 10.0. The summed E-state index contributed by atoms with van der Waals surface area (Å²) in [7, 11) is 0. The molecule has 18 heavy (non-hydrogen) atoms. The highest BCUT2D eigenvalue weighted by atomic mass is 15.0. The minimum atomic E-state index is 0.584. The van der Waals surface area contributed by atoms with Crippen LogP contribution in [0.1, 0.15) is 11.1 Å². The maximum atomic E-state index is 5.60. The Morgan fingerprint density at radius 2 is 1.83 bits per heavy atom. The van der Waals surface area contributed by atoms with Crippen LogP contribution in [0.5, 0.6) is 0 Å². The Morgan fingerprint density at radius 1 is 1.06 bits per heavy atom. The fourth-order valence-corrected chi connectivity index (χ4v) is 2.12. The molecule has 0 radical (unpaired) electrons. The second-order valence-electron chi connectivity index (χ2n) is 4.35. The van der Waals surface area contributed by atoms with Gasteiger partial charge >= 0.3 is 0 Å². The van der Waals surface area contributed by atoms with Crippen LogP contribution in [0.15, 0.2) is 47.5 Å². The first-order valence-electron chi connectivity index (χ1n) is 6.04. The number of hydrogen-bond donors (Lipinski definition) is 2. The Bertz CT molecular complexity index is 585. The van der Waals surface area contributed by atoms with Gasteiger partial charge in [-0.2, -0.15) is 0 Å². The SMILES string of the molecule is NCc1ccc(-c2ccc3c(c2)C=NCN3)cc1. The van der Waals surface area contributed by atoms with Crippen molar-refractivity contribution in [3.05, 3.63) is 53.6 Å². The summed E-state index contributed by atoms with van der Waals surface area (Å²) in [5.41, 5.74) is 11.4. The zero-order valence-electron chi connectivity index (χ0n) is 10.1. The zero-order valence-corrected chi connectivity index (χ0v) is 10.1. The van der Waals surface area contributed by atoms with Crippen molar-refractivity contribution in [3.8, 4) is 11.1 Å². The molecule has 2 aromatic rings. The molecule has 3 N–H and O–H groups in total. The topological polar surface area (TPSA) is 50.4 Å². The molecule has 0 atom stereocenters. The van der Waals surface area contributed by atoms with Crippen LogP contribution in [-0.4, -0.2) is 12.9 Å². The average molecular weight is 237 g/mol. The molecule has 3 rings (SSSR count). The third-order valence-corrected chi connectivity index (χ3v) is 3.17. The molecule has 0 aromatic heterocycles. The van der Waals surface area contributed by atoms with Gasteiger partial charge in [-0.3, -0.25) is 4.99 Å². The van der Waals surface area contributed by atoms with Gasteiger partial charge in [-0.1, -0.05) is 30.3 Å². The van der Waals surface area contributed by atoms with Crippen molar-refractivity contribution in [2.45, 2.75) is 6.54 Å². The molecule has 0 saturated heterocycles. The Kier molecular flexibility index (Phi) is 2.82. The normalized spacial score (nSPS) is 12.9. The molecular weight excluding hydrogens is 222 g/mol. The maximum Gasteiger partial charge on any atom is 0.107 e. The van der Waals surface area contributed by atoms with Crippen LogP contribution in [0.25, 0.3) is 11.1 Å². The number of fused-ring (bicyclic) bond motifs is 1. The molecule has 0 unspecified atom stereocenters. The molecule has 90 valence electrons. The van der Waals surface area contributed by atoms with Crippen molar-refractivity contribution < 1.29 is 0 Å². The predicted molar refractivity (Wildman–Crippen MR) is 75.9 cm³/mol. The molecule has 1 aliphatic rings. The molecule has 3 nitrogen and oxygen atoms in total. The summed E-state index contributed by atoms with van der Waals surface area (Å²) in [6, 6.07) is 14.7. The molecule has 0 aliphatic carbocycles. The number of nitrogens with zero attached hydrogens (tertiary/aromatic N) is 1. The first-order valence-corrected chi connectivity index (χ1v) is 6.04. The fourth-order valence-electron chi connectivity index (χ4n) is 2.12. The molecule has 1 aliphatic heterocycles. The standard InChI is InChI=1S/C15H15N3/c16-8-11-1-3-12(4-2-11)13-5-6-15-14(7-13)9-17-10-18-15/h1-7,9,18H,8,10,16H2. The molecule has 0 fully saturated rings. The smallest absolute Gasteiger partial charge is 0.107 e. The van der Waals surface area contributed by atoms with Gasteiger partial charge in [0.2, 0.25) is 0 Å². The van der Waals surface area contributed by atoms with Crippen molar-refractivity contribution >= 4 is 11.9 Å². The number of aliphatic imine (C=N–C) groups is 1. The van der Waals surface area contributed by atoms with E-state index in [2.05, 4.69) is 52.8 Å². The zero-order chi connectivity index (χ0) is 12.4. The van der Waals surface area contributed by atoms with Gasteiger partial charge < -0.3 is 11.1 Å². The Hall–Kier alpha value is -2.13.